The van der Waals surface area contributed by atoms with Gasteiger partial charge in [-0.2, -0.15) is 0 Å². The molecule has 1 aliphatic rings. The molecule has 0 aromatic heterocycles. The maximum atomic E-state index is 6.21. The highest BCUT2D eigenvalue weighted by molar-refractivity contribution is 6.74. The first-order valence-electron chi connectivity index (χ1n) is 8.87. The summed E-state index contributed by atoms with van der Waals surface area (Å²) in [6.07, 6.45) is 3.06. The minimum atomic E-state index is -1.62. The van der Waals surface area contributed by atoms with Crippen molar-refractivity contribution in [2.75, 3.05) is 6.61 Å². The Morgan fingerprint density at radius 1 is 1.04 bits per heavy atom. The second-order valence-electron chi connectivity index (χ2n) is 9.31. The lowest BCUT2D eigenvalue weighted by Gasteiger charge is -2.36. The van der Waals surface area contributed by atoms with Crippen LogP contribution in [0.2, 0.25) is 18.1 Å². The molecule has 3 nitrogen and oxygen atoms in total. The molecule has 0 N–H and O–H groups in total. The maximum absolute atomic E-state index is 6.21. The van der Waals surface area contributed by atoms with E-state index in [4.69, 9.17) is 13.7 Å². The molecule has 1 aliphatic heterocycles. The van der Waals surface area contributed by atoms with Crippen molar-refractivity contribution in [1.82, 2.24) is 0 Å². The Balaban J connectivity index is 2.31. The van der Waals surface area contributed by atoms with Crippen LogP contribution in [0.25, 0.3) is 0 Å². The number of hydrogen-bond acceptors (Lipinski definition) is 3. The van der Waals surface area contributed by atoms with Crippen molar-refractivity contribution in [3.8, 4) is 0 Å². The molecule has 0 aliphatic carbocycles. The summed E-state index contributed by atoms with van der Waals surface area (Å²) >= 11 is 0. The average Bonchev–Trinajstić information content (AvgIpc) is 2.56. The zero-order chi connectivity index (χ0) is 18.1. The van der Waals surface area contributed by atoms with Gasteiger partial charge in [0.1, 0.15) is 0 Å². The van der Waals surface area contributed by atoms with Crippen LogP contribution in [0.5, 0.6) is 0 Å². The Bertz CT molecular complexity index is 408. The predicted molar refractivity (Wildman–Crippen MR) is 102 cm³/mol. The number of rotatable bonds is 7. The lowest BCUT2D eigenvalue weighted by atomic mass is 9.76. The van der Waals surface area contributed by atoms with Crippen molar-refractivity contribution in [2.45, 2.75) is 97.1 Å². The van der Waals surface area contributed by atoms with Gasteiger partial charge in [-0.3, -0.25) is 0 Å². The van der Waals surface area contributed by atoms with E-state index in [0.717, 1.165) is 31.3 Å². The first-order valence-corrected chi connectivity index (χ1v) is 11.8. The van der Waals surface area contributed by atoms with E-state index in [0.29, 0.717) is 0 Å². The Labute approximate surface area is 145 Å². The molecule has 1 rings (SSSR count). The van der Waals surface area contributed by atoms with Crippen molar-refractivity contribution < 1.29 is 13.7 Å². The molecule has 5 heteroatoms. The summed E-state index contributed by atoms with van der Waals surface area (Å²) in [6.45, 7) is 24.8. The number of hydrogen-bond donors (Lipinski definition) is 0. The summed E-state index contributed by atoms with van der Waals surface area (Å²) in [4.78, 5) is 0. The van der Waals surface area contributed by atoms with Crippen LogP contribution >= 0.6 is 0 Å². The molecular formula is C18H37BO3Si. The predicted octanol–water partition coefficient (Wildman–Crippen LogP) is 5.37. The molecule has 0 atom stereocenters. The summed E-state index contributed by atoms with van der Waals surface area (Å²) < 4.78 is 18.3. The second kappa shape index (κ2) is 7.03. The fourth-order valence-electron chi connectivity index (χ4n) is 2.13. The first kappa shape index (κ1) is 20.9. The third kappa shape index (κ3) is 5.19. The second-order valence-corrected chi connectivity index (χ2v) is 14.1. The van der Waals surface area contributed by atoms with Crippen LogP contribution in [0.3, 0.4) is 0 Å². The highest BCUT2D eigenvalue weighted by Crippen LogP contribution is 2.39. The highest BCUT2D eigenvalue weighted by Gasteiger charge is 2.51. The van der Waals surface area contributed by atoms with Crippen molar-refractivity contribution in [1.29, 1.82) is 0 Å². The van der Waals surface area contributed by atoms with E-state index in [1.165, 1.54) is 0 Å². The maximum Gasteiger partial charge on any atom is 0.489 e. The zero-order valence-corrected chi connectivity index (χ0v) is 17.8. The average molecular weight is 340 g/mol. The van der Waals surface area contributed by atoms with Gasteiger partial charge < -0.3 is 13.7 Å². The minimum Gasteiger partial charge on any atom is -0.417 e. The monoisotopic (exact) mass is 340 g/mol. The quantitative estimate of drug-likeness (QED) is 0.461. The van der Waals surface area contributed by atoms with Gasteiger partial charge in [-0.15, -0.1) is 6.58 Å². The van der Waals surface area contributed by atoms with E-state index in [1.807, 2.05) is 0 Å². The summed E-state index contributed by atoms with van der Waals surface area (Å²) in [5, 5.41) is 0.277. The van der Waals surface area contributed by atoms with Gasteiger partial charge >= 0.3 is 7.12 Å². The van der Waals surface area contributed by atoms with E-state index in [9.17, 15) is 0 Å². The molecule has 134 valence electrons. The van der Waals surface area contributed by atoms with Gasteiger partial charge in [0.05, 0.1) is 11.2 Å². The lowest BCUT2D eigenvalue weighted by molar-refractivity contribution is 0.00578. The Kier molecular flexibility index (Phi) is 6.40. The van der Waals surface area contributed by atoms with Gasteiger partial charge in [-0.1, -0.05) is 20.8 Å². The Hall–Kier alpha value is -0.0982. The van der Waals surface area contributed by atoms with E-state index in [2.05, 4.69) is 68.1 Å². The number of unbranched alkanes of at least 4 members (excludes halogenated alkanes) is 1. The van der Waals surface area contributed by atoms with Crippen molar-refractivity contribution in [3.63, 3.8) is 0 Å². The summed E-state index contributed by atoms with van der Waals surface area (Å²) in [5.74, 6) is 0. The van der Waals surface area contributed by atoms with E-state index in [1.54, 1.807) is 0 Å². The molecule has 1 saturated heterocycles. The topological polar surface area (TPSA) is 27.7 Å². The van der Waals surface area contributed by atoms with Gasteiger partial charge in [-0.05, 0) is 70.6 Å². The molecule has 0 saturated carbocycles. The highest BCUT2D eigenvalue weighted by atomic mass is 28.4. The zero-order valence-electron chi connectivity index (χ0n) is 16.8. The van der Waals surface area contributed by atoms with Crippen LogP contribution in [0.1, 0.15) is 67.7 Å². The molecule has 0 unspecified atom stereocenters. The van der Waals surface area contributed by atoms with Crippen LogP contribution in [-0.4, -0.2) is 33.2 Å². The van der Waals surface area contributed by atoms with Gasteiger partial charge in [0.15, 0.2) is 8.32 Å². The third-order valence-electron chi connectivity index (χ3n) is 5.75. The van der Waals surface area contributed by atoms with Gasteiger partial charge in [0.25, 0.3) is 0 Å². The van der Waals surface area contributed by atoms with Crippen molar-refractivity contribution in [3.05, 3.63) is 12.1 Å². The molecule has 0 spiro atoms. The van der Waals surface area contributed by atoms with Crippen LogP contribution < -0.4 is 0 Å². The molecule has 1 fully saturated rings. The van der Waals surface area contributed by atoms with Crippen molar-refractivity contribution >= 4 is 15.4 Å². The van der Waals surface area contributed by atoms with E-state index >= 15 is 0 Å². The van der Waals surface area contributed by atoms with E-state index < -0.39 is 8.32 Å². The van der Waals surface area contributed by atoms with Crippen LogP contribution in [0.4, 0.5) is 0 Å². The Morgan fingerprint density at radius 3 is 1.96 bits per heavy atom. The van der Waals surface area contributed by atoms with E-state index in [-0.39, 0.29) is 23.4 Å². The molecule has 0 aromatic carbocycles. The van der Waals surface area contributed by atoms with Gasteiger partial charge in [0, 0.05) is 6.61 Å². The molecule has 1 heterocycles. The fraction of sp³-hybridized carbons (Fsp3) is 0.889. The Morgan fingerprint density at radius 2 is 1.52 bits per heavy atom. The fourth-order valence-corrected chi connectivity index (χ4v) is 3.21. The first-order chi connectivity index (χ1) is 10.2. The summed E-state index contributed by atoms with van der Waals surface area (Å²) in [5.41, 5.74) is 0.467. The van der Waals surface area contributed by atoms with Crippen LogP contribution in [0, 0.1) is 0 Å². The largest absolute Gasteiger partial charge is 0.489 e. The molecule has 23 heavy (non-hydrogen) atoms. The molecule has 0 bridgehead atoms. The van der Waals surface area contributed by atoms with Crippen molar-refractivity contribution in [2.24, 2.45) is 0 Å². The molecule has 0 aromatic rings. The van der Waals surface area contributed by atoms with Crippen LogP contribution in [0.15, 0.2) is 12.1 Å². The molecule has 0 amide bonds. The minimum absolute atomic E-state index is 0.277. The SMILES string of the molecule is C=C(CCCCO[Si](C)(C)C(C)(C)C)B1OC(C)(C)C(C)(C)O1. The standard InChI is InChI=1S/C18H37BO3Si/c1-15(19-21-17(5,6)18(7,8)22-19)13-11-12-14-20-23(9,10)16(2,3)4/h1,11-14H2,2-10H3. The van der Waals surface area contributed by atoms with Gasteiger partial charge in [-0.25, -0.2) is 0 Å². The molecule has 0 radical (unpaired) electrons. The lowest BCUT2D eigenvalue weighted by Crippen LogP contribution is -2.41. The third-order valence-corrected chi connectivity index (χ3v) is 10.3. The van der Waals surface area contributed by atoms with Crippen LogP contribution in [-0.2, 0) is 13.7 Å². The number of allylic oxidation sites excluding steroid dienone is 1. The normalized spacial score (nSPS) is 20.8. The summed E-state index contributed by atoms with van der Waals surface area (Å²) in [6, 6.07) is 0. The summed E-state index contributed by atoms with van der Waals surface area (Å²) in [7, 11) is -1.89. The van der Waals surface area contributed by atoms with Gasteiger partial charge in [0.2, 0.25) is 0 Å². The molecular weight excluding hydrogens is 303 g/mol. The smallest absolute Gasteiger partial charge is 0.417 e.